The third-order valence-electron chi connectivity index (χ3n) is 4.50. The van der Waals surface area contributed by atoms with Crippen LogP contribution in [0.5, 0.6) is 17.2 Å². The van der Waals surface area contributed by atoms with Crippen LogP contribution in [0.4, 0.5) is 10.1 Å². The van der Waals surface area contributed by atoms with Crippen molar-refractivity contribution in [2.45, 2.75) is 13.0 Å². The minimum absolute atomic E-state index is 0.152. The average Bonchev–Trinajstić information content (AvgIpc) is 3.02. The van der Waals surface area contributed by atoms with Crippen molar-refractivity contribution in [3.63, 3.8) is 0 Å². The Morgan fingerprint density at radius 1 is 1.23 bits per heavy atom. The van der Waals surface area contributed by atoms with E-state index in [1.165, 1.54) is 43.4 Å². The van der Waals surface area contributed by atoms with Gasteiger partial charge in [0.1, 0.15) is 16.2 Å². The standard InChI is InChI=1S/C21H19FN2O5S2/c1-11(19(26)23-14-6-4-13(22)5-7-14)24-20(27)17(31-21(24)30)10-12-8-15(28-2)18(25)16(9-12)29-3/h4-11,25H,1-3H3,(H,23,26)/b17-10-. The number of nitrogens with one attached hydrogen (secondary N) is 1. The van der Waals surface area contributed by atoms with Gasteiger partial charge >= 0.3 is 0 Å². The van der Waals surface area contributed by atoms with Gasteiger partial charge < -0.3 is 19.9 Å². The van der Waals surface area contributed by atoms with Crippen LogP contribution in [-0.4, -0.2) is 46.4 Å². The van der Waals surface area contributed by atoms with Crippen LogP contribution in [0.3, 0.4) is 0 Å². The molecule has 1 atom stereocenters. The third kappa shape index (κ3) is 4.80. The topological polar surface area (TPSA) is 88.1 Å². The van der Waals surface area contributed by atoms with Crippen LogP contribution in [0.1, 0.15) is 12.5 Å². The van der Waals surface area contributed by atoms with Gasteiger partial charge in [0.15, 0.2) is 11.5 Å². The van der Waals surface area contributed by atoms with Gasteiger partial charge in [0.05, 0.1) is 19.1 Å². The first-order chi connectivity index (χ1) is 14.7. The molecule has 2 N–H and O–H groups in total. The maximum absolute atomic E-state index is 13.0. The van der Waals surface area contributed by atoms with Crippen molar-refractivity contribution in [2.24, 2.45) is 0 Å². The highest BCUT2D eigenvalue weighted by molar-refractivity contribution is 8.26. The van der Waals surface area contributed by atoms with Crippen LogP contribution in [0.15, 0.2) is 41.3 Å². The van der Waals surface area contributed by atoms with Crippen LogP contribution in [0.2, 0.25) is 0 Å². The number of hydrogen-bond donors (Lipinski definition) is 2. The van der Waals surface area contributed by atoms with E-state index in [1.807, 2.05) is 0 Å². The fourth-order valence-corrected chi connectivity index (χ4v) is 4.28. The Hall–Kier alpha value is -3.11. The summed E-state index contributed by atoms with van der Waals surface area (Å²) in [5.74, 6) is -1.09. The molecular weight excluding hydrogens is 443 g/mol. The lowest BCUT2D eigenvalue weighted by Crippen LogP contribution is -2.44. The van der Waals surface area contributed by atoms with Crippen molar-refractivity contribution in [3.8, 4) is 17.2 Å². The first kappa shape index (κ1) is 22.6. The molecule has 7 nitrogen and oxygen atoms in total. The molecule has 0 aliphatic carbocycles. The first-order valence-corrected chi connectivity index (χ1v) is 10.3. The summed E-state index contributed by atoms with van der Waals surface area (Å²) in [6.45, 7) is 1.55. The van der Waals surface area contributed by atoms with Crippen molar-refractivity contribution < 1.29 is 28.6 Å². The fourth-order valence-electron chi connectivity index (χ4n) is 2.86. The number of phenols is 1. The van der Waals surface area contributed by atoms with E-state index in [2.05, 4.69) is 5.32 Å². The smallest absolute Gasteiger partial charge is 0.266 e. The number of nitrogens with zero attached hydrogens (tertiary/aromatic N) is 1. The lowest BCUT2D eigenvalue weighted by molar-refractivity contribution is -0.129. The van der Waals surface area contributed by atoms with E-state index in [0.29, 0.717) is 16.2 Å². The first-order valence-electron chi connectivity index (χ1n) is 9.03. The van der Waals surface area contributed by atoms with Crippen LogP contribution >= 0.6 is 24.0 Å². The average molecular weight is 463 g/mol. The molecule has 0 bridgehead atoms. The molecule has 1 aliphatic heterocycles. The van der Waals surface area contributed by atoms with Gasteiger partial charge in [-0.25, -0.2) is 4.39 Å². The van der Waals surface area contributed by atoms with E-state index in [9.17, 15) is 19.1 Å². The second-order valence-electron chi connectivity index (χ2n) is 6.50. The molecule has 1 heterocycles. The summed E-state index contributed by atoms with van der Waals surface area (Å²) in [7, 11) is 2.80. The minimum Gasteiger partial charge on any atom is -0.502 e. The zero-order chi connectivity index (χ0) is 22.7. The van der Waals surface area contributed by atoms with E-state index in [-0.39, 0.29) is 21.6 Å². The SMILES string of the molecule is COc1cc(/C=C2\SC(=S)N(C(C)C(=O)Nc3ccc(F)cc3)C2=O)cc(OC)c1O. The molecule has 10 heteroatoms. The zero-order valence-corrected chi connectivity index (χ0v) is 18.5. The summed E-state index contributed by atoms with van der Waals surface area (Å²) in [6.07, 6.45) is 1.58. The van der Waals surface area contributed by atoms with Gasteiger partial charge in [-0.2, -0.15) is 0 Å². The monoisotopic (exact) mass is 462 g/mol. The number of carbonyl (C=O) groups is 2. The van der Waals surface area contributed by atoms with E-state index in [4.69, 9.17) is 21.7 Å². The normalized spacial score (nSPS) is 15.9. The number of hydrogen-bond acceptors (Lipinski definition) is 7. The molecule has 1 aliphatic rings. The van der Waals surface area contributed by atoms with E-state index >= 15 is 0 Å². The van der Waals surface area contributed by atoms with Gasteiger partial charge in [-0.15, -0.1) is 0 Å². The number of thiocarbonyl (C=S) groups is 1. The third-order valence-corrected chi connectivity index (χ3v) is 5.83. The van der Waals surface area contributed by atoms with Crippen LogP contribution in [-0.2, 0) is 9.59 Å². The molecule has 0 radical (unpaired) electrons. The number of halogens is 1. The van der Waals surface area contributed by atoms with E-state index in [1.54, 1.807) is 25.1 Å². The molecule has 2 aromatic rings. The Kier molecular flexibility index (Phi) is 6.81. The predicted octanol–water partition coefficient (Wildman–Crippen LogP) is 3.78. The number of benzene rings is 2. The van der Waals surface area contributed by atoms with Crippen LogP contribution in [0.25, 0.3) is 6.08 Å². The van der Waals surface area contributed by atoms with Crippen molar-refractivity contribution in [1.29, 1.82) is 0 Å². The fraction of sp³-hybridized carbons (Fsp3) is 0.190. The predicted molar refractivity (Wildman–Crippen MR) is 121 cm³/mol. The Morgan fingerprint density at radius 3 is 2.35 bits per heavy atom. The number of anilines is 1. The number of phenolic OH excluding ortho intramolecular Hbond substituents is 1. The van der Waals surface area contributed by atoms with Gasteiger partial charge in [0.25, 0.3) is 5.91 Å². The van der Waals surface area contributed by atoms with Gasteiger partial charge in [-0.05, 0) is 55.0 Å². The highest BCUT2D eigenvalue weighted by Crippen LogP contribution is 2.40. The summed E-state index contributed by atoms with van der Waals surface area (Å²) < 4.78 is 23.5. The second kappa shape index (κ2) is 9.36. The van der Waals surface area contributed by atoms with E-state index < -0.39 is 23.7 Å². The number of rotatable bonds is 6. The largest absolute Gasteiger partial charge is 0.502 e. The molecule has 1 fully saturated rings. The summed E-state index contributed by atoms with van der Waals surface area (Å²) in [5.41, 5.74) is 0.956. The Morgan fingerprint density at radius 2 is 1.81 bits per heavy atom. The van der Waals surface area contributed by atoms with Gasteiger partial charge in [-0.3, -0.25) is 14.5 Å². The number of carbonyl (C=O) groups excluding carboxylic acids is 2. The molecule has 0 aromatic heterocycles. The van der Waals surface area contributed by atoms with Crippen LogP contribution in [0, 0.1) is 5.82 Å². The number of ether oxygens (including phenoxy) is 2. The number of aromatic hydroxyl groups is 1. The van der Waals surface area contributed by atoms with Gasteiger partial charge in [-0.1, -0.05) is 24.0 Å². The molecule has 2 amide bonds. The minimum atomic E-state index is -0.882. The molecule has 2 aromatic carbocycles. The summed E-state index contributed by atoms with van der Waals surface area (Å²) in [5, 5.41) is 12.7. The van der Waals surface area contributed by atoms with Crippen molar-refractivity contribution in [3.05, 3.63) is 52.7 Å². The number of thioether (sulfide) groups is 1. The zero-order valence-electron chi connectivity index (χ0n) is 16.8. The van der Waals surface area contributed by atoms with Crippen molar-refractivity contribution >= 4 is 51.9 Å². The summed E-state index contributed by atoms with van der Waals surface area (Å²) >= 11 is 6.37. The molecule has 3 rings (SSSR count). The van der Waals surface area contributed by atoms with Gasteiger partial charge in [0, 0.05) is 5.69 Å². The summed E-state index contributed by atoms with van der Waals surface area (Å²) in [6, 6.07) is 7.52. The number of amides is 2. The lowest BCUT2D eigenvalue weighted by atomic mass is 10.1. The number of methoxy groups -OCH3 is 2. The molecule has 31 heavy (non-hydrogen) atoms. The van der Waals surface area contributed by atoms with Crippen molar-refractivity contribution in [2.75, 3.05) is 19.5 Å². The molecule has 0 saturated carbocycles. The van der Waals surface area contributed by atoms with Gasteiger partial charge in [0.2, 0.25) is 11.7 Å². The maximum atomic E-state index is 13.0. The van der Waals surface area contributed by atoms with Crippen LogP contribution < -0.4 is 14.8 Å². The second-order valence-corrected chi connectivity index (χ2v) is 8.17. The molecular formula is C21H19FN2O5S2. The maximum Gasteiger partial charge on any atom is 0.266 e. The molecule has 1 saturated heterocycles. The highest BCUT2D eigenvalue weighted by atomic mass is 32.2. The Labute approximate surface area is 187 Å². The lowest BCUT2D eigenvalue weighted by Gasteiger charge is -2.22. The summed E-state index contributed by atoms with van der Waals surface area (Å²) in [4.78, 5) is 27.1. The quantitative estimate of drug-likeness (QED) is 0.499. The highest BCUT2D eigenvalue weighted by Gasteiger charge is 2.38. The molecule has 1 unspecified atom stereocenters. The Bertz CT molecular complexity index is 1050. The van der Waals surface area contributed by atoms with Crippen molar-refractivity contribution in [1.82, 2.24) is 4.90 Å². The molecule has 0 spiro atoms. The molecule has 162 valence electrons. The Balaban J connectivity index is 1.81. The van der Waals surface area contributed by atoms with E-state index in [0.717, 1.165) is 11.8 Å².